The van der Waals surface area contributed by atoms with Crippen LogP contribution in [0.3, 0.4) is 0 Å². The molecule has 0 bridgehead atoms. The monoisotopic (exact) mass is 278 g/mol. The van der Waals surface area contributed by atoms with Crippen molar-refractivity contribution in [2.45, 2.75) is 39.7 Å². The number of carbonyl (C=O) groups is 2. The van der Waals surface area contributed by atoms with Crippen LogP contribution >= 0.6 is 0 Å². The number of carbonyl (C=O) groups excluding carboxylic acids is 1. The van der Waals surface area contributed by atoms with Gasteiger partial charge in [-0.1, -0.05) is 13.8 Å². The highest BCUT2D eigenvalue weighted by Gasteiger charge is 2.22. The quantitative estimate of drug-likeness (QED) is 0.792. The summed E-state index contributed by atoms with van der Waals surface area (Å²) in [6.45, 7) is 4.64. The van der Waals surface area contributed by atoms with E-state index in [2.05, 4.69) is 4.98 Å². The average Bonchev–Trinajstić information content (AvgIpc) is 2.45. The van der Waals surface area contributed by atoms with Crippen LogP contribution in [0.5, 0.6) is 0 Å². The highest BCUT2D eigenvalue weighted by Crippen LogP contribution is 2.15. The van der Waals surface area contributed by atoms with E-state index in [9.17, 15) is 9.59 Å². The Morgan fingerprint density at radius 3 is 2.35 bits per heavy atom. The zero-order valence-electron chi connectivity index (χ0n) is 12.1. The Labute approximate surface area is 119 Å². The normalized spacial score (nSPS) is 10.6. The lowest BCUT2D eigenvalue weighted by atomic mass is 10.0. The summed E-state index contributed by atoms with van der Waals surface area (Å²) < 4.78 is 0. The van der Waals surface area contributed by atoms with Gasteiger partial charge in [0.15, 0.2) is 0 Å². The molecule has 0 aromatic carbocycles. The van der Waals surface area contributed by atoms with Crippen molar-refractivity contribution in [1.29, 1.82) is 0 Å². The smallest absolute Gasteiger partial charge is 0.305 e. The van der Waals surface area contributed by atoms with Gasteiger partial charge in [-0.2, -0.15) is 0 Å². The highest BCUT2D eigenvalue weighted by atomic mass is 16.4. The maximum absolute atomic E-state index is 12.4. The predicted octanol–water partition coefficient (Wildman–Crippen LogP) is 2.32. The summed E-state index contributed by atoms with van der Waals surface area (Å²) >= 11 is 0. The van der Waals surface area contributed by atoms with Crippen molar-refractivity contribution in [1.82, 2.24) is 9.88 Å². The standard InChI is InChI=1S/C15H22N2O3/c1-3-13(4-2)15(20)17(10-7-14(18)19)11-12-5-8-16-9-6-12/h5-6,8-9,13H,3-4,7,10-11H2,1-2H3,(H,18,19). The van der Waals surface area contributed by atoms with Crippen molar-refractivity contribution >= 4 is 11.9 Å². The van der Waals surface area contributed by atoms with E-state index in [1.54, 1.807) is 17.3 Å². The zero-order chi connectivity index (χ0) is 15.0. The van der Waals surface area contributed by atoms with E-state index in [-0.39, 0.29) is 24.8 Å². The Kier molecular flexibility index (Phi) is 6.70. The number of hydrogen-bond acceptors (Lipinski definition) is 3. The minimum Gasteiger partial charge on any atom is -0.481 e. The van der Waals surface area contributed by atoms with Crippen molar-refractivity contribution in [3.8, 4) is 0 Å². The molecule has 0 atom stereocenters. The number of pyridine rings is 1. The predicted molar refractivity (Wildman–Crippen MR) is 76.0 cm³/mol. The first-order valence-corrected chi connectivity index (χ1v) is 6.97. The molecular formula is C15H22N2O3. The molecule has 0 fully saturated rings. The van der Waals surface area contributed by atoms with Gasteiger partial charge in [-0.3, -0.25) is 14.6 Å². The first-order valence-electron chi connectivity index (χ1n) is 6.97. The van der Waals surface area contributed by atoms with Crippen LogP contribution in [0, 0.1) is 5.92 Å². The van der Waals surface area contributed by atoms with Gasteiger partial charge in [-0.25, -0.2) is 0 Å². The van der Waals surface area contributed by atoms with Gasteiger partial charge in [-0.05, 0) is 30.5 Å². The molecule has 0 aliphatic rings. The van der Waals surface area contributed by atoms with Crippen LogP contribution in [0.1, 0.15) is 38.7 Å². The van der Waals surface area contributed by atoms with Gasteiger partial charge < -0.3 is 10.0 Å². The summed E-state index contributed by atoms with van der Waals surface area (Å²) in [4.78, 5) is 28.8. The molecule has 1 amide bonds. The maximum atomic E-state index is 12.4. The molecule has 5 heteroatoms. The number of aliphatic carboxylic acids is 1. The molecule has 20 heavy (non-hydrogen) atoms. The average molecular weight is 278 g/mol. The second kappa shape index (κ2) is 8.30. The van der Waals surface area contributed by atoms with Crippen LogP contribution in [-0.2, 0) is 16.1 Å². The second-order valence-electron chi connectivity index (χ2n) is 4.77. The van der Waals surface area contributed by atoms with E-state index >= 15 is 0 Å². The fourth-order valence-corrected chi connectivity index (χ4v) is 2.10. The van der Waals surface area contributed by atoms with E-state index in [0.29, 0.717) is 6.54 Å². The molecule has 0 unspecified atom stereocenters. The number of hydrogen-bond donors (Lipinski definition) is 1. The van der Waals surface area contributed by atoms with Crippen molar-refractivity contribution < 1.29 is 14.7 Å². The topological polar surface area (TPSA) is 70.5 Å². The number of carboxylic acid groups (broad SMARTS) is 1. The van der Waals surface area contributed by atoms with Crippen LogP contribution in [0.15, 0.2) is 24.5 Å². The molecule has 110 valence electrons. The van der Waals surface area contributed by atoms with Crippen LogP contribution in [0.4, 0.5) is 0 Å². The Bertz CT molecular complexity index is 430. The molecule has 1 rings (SSSR count). The molecule has 0 saturated carbocycles. The molecule has 1 aromatic heterocycles. The third-order valence-electron chi connectivity index (χ3n) is 3.36. The van der Waals surface area contributed by atoms with E-state index in [0.717, 1.165) is 18.4 Å². The summed E-state index contributed by atoms with van der Waals surface area (Å²) in [5, 5.41) is 8.82. The lowest BCUT2D eigenvalue weighted by Crippen LogP contribution is -2.37. The van der Waals surface area contributed by atoms with Crippen molar-refractivity contribution in [2.24, 2.45) is 5.92 Å². The minimum absolute atomic E-state index is 0.0308. The third kappa shape index (κ3) is 4.99. The number of rotatable bonds is 8. The summed E-state index contributed by atoms with van der Waals surface area (Å²) in [5.41, 5.74) is 0.963. The molecule has 1 aromatic rings. The lowest BCUT2D eigenvalue weighted by molar-refractivity contribution is -0.140. The zero-order valence-corrected chi connectivity index (χ0v) is 12.1. The first kappa shape index (κ1) is 16.1. The van der Waals surface area contributed by atoms with Crippen LogP contribution in [0.25, 0.3) is 0 Å². The van der Waals surface area contributed by atoms with Crippen LogP contribution in [0.2, 0.25) is 0 Å². The molecule has 5 nitrogen and oxygen atoms in total. The molecule has 0 aliphatic carbocycles. The van der Waals surface area contributed by atoms with E-state index in [4.69, 9.17) is 5.11 Å². The number of nitrogens with zero attached hydrogens (tertiary/aromatic N) is 2. The summed E-state index contributed by atoms with van der Waals surface area (Å²) in [7, 11) is 0. The third-order valence-corrected chi connectivity index (χ3v) is 3.36. The van der Waals surface area contributed by atoms with Gasteiger partial charge in [0.2, 0.25) is 5.91 Å². The maximum Gasteiger partial charge on any atom is 0.305 e. The molecule has 0 radical (unpaired) electrons. The second-order valence-corrected chi connectivity index (χ2v) is 4.77. The first-order chi connectivity index (χ1) is 9.58. The van der Waals surface area contributed by atoms with Gasteiger partial charge in [0, 0.05) is 31.4 Å². The Morgan fingerprint density at radius 2 is 1.85 bits per heavy atom. The van der Waals surface area contributed by atoms with Crippen molar-refractivity contribution in [3.63, 3.8) is 0 Å². The van der Waals surface area contributed by atoms with Gasteiger partial charge in [0.05, 0.1) is 6.42 Å². The summed E-state index contributed by atoms with van der Waals surface area (Å²) in [5.74, 6) is -0.888. The van der Waals surface area contributed by atoms with Gasteiger partial charge in [0.1, 0.15) is 0 Å². The van der Waals surface area contributed by atoms with Crippen molar-refractivity contribution in [2.75, 3.05) is 6.54 Å². The molecule has 1 N–H and O–H groups in total. The van der Waals surface area contributed by atoms with Gasteiger partial charge >= 0.3 is 5.97 Å². The number of aromatic nitrogens is 1. The summed E-state index contributed by atoms with van der Waals surface area (Å²) in [6.07, 6.45) is 4.86. The van der Waals surface area contributed by atoms with Crippen LogP contribution in [-0.4, -0.2) is 33.4 Å². The minimum atomic E-state index is -0.887. The van der Waals surface area contributed by atoms with Crippen molar-refractivity contribution in [3.05, 3.63) is 30.1 Å². The number of amides is 1. The largest absolute Gasteiger partial charge is 0.481 e. The van der Waals surface area contributed by atoms with E-state index < -0.39 is 5.97 Å². The Morgan fingerprint density at radius 1 is 1.25 bits per heavy atom. The fourth-order valence-electron chi connectivity index (χ4n) is 2.10. The molecular weight excluding hydrogens is 256 g/mol. The molecule has 1 heterocycles. The lowest BCUT2D eigenvalue weighted by Gasteiger charge is -2.26. The Balaban J connectivity index is 2.78. The van der Waals surface area contributed by atoms with Gasteiger partial charge in [-0.15, -0.1) is 0 Å². The van der Waals surface area contributed by atoms with E-state index in [1.807, 2.05) is 26.0 Å². The van der Waals surface area contributed by atoms with Crippen LogP contribution < -0.4 is 0 Å². The highest BCUT2D eigenvalue weighted by molar-refractivity contribution is 5.79. The van der Waals surface area contributed by atoms with Gasteiger partial charge in [0.25, 0.3) is 0 Å². The summed E-state index contributed by atoms with van der Waals surface area (Å²) in [6, 6.07) is 3.68. The Hall–Kier alpha value is -1.91. The SMILES string of the molecule is CCC(CC)C(=O)N(CCC(=O)O)Cc1ccncc1. The fraction of sp³-hybridized carbons (Fsp3) is 0.533. The molecule has 0 aliphatic heterocycles. The number of carboxylic acids is 1. The van der Waals surface area contributed by atoms with E-state index in [1.165, 1.54) is 0 Å². The molecule has 0 saturated heterocycles. The molecule has 0 spiro atoms.